The molecule has 2 aromatic carbocycles. The Kier molecular flexibility index (Phi) is 33.3. The number of aliphatic hydroxyl groups excluding tert-OH is 4. The van der Waals surface area contributed by atoms with Crippen LogP contribution in [0.1, 0.15) is 80.0 Å². The lowest BCUT2D eigenvalue weighted by Crippen LogP contribution is -2.34. The maximum atomic E-state index is 14.3. The second-order valence-electron chi connectivity index (χ2n) is 16.1. The van der Waals surface area contributed by atoms with Crippen LogP contribution in [0, 0.1) is 5.92 Å². The zero-order valence-corrected chi connectivity index (χ0v) is 45.3. The number of rotatable bonds is 42. The Bertz CT molecular complexity index is 1950. The minimum atomic E-state index is -0.724. The van der Waals surface area contributed by atoms with Crippen molar-refractivity contribution in [2.45, 2.75) is 69.8 Å². The molecule has 0 fully saturated rings. The average molecular weight is 1070 g/mol. The predicted molar refractivity (Wildman–Crippen MR) is 294 cm³/mol. The van der Waals surface area contributed by atoms with Crippen LogP contribution in [-0.4, -0.2) is 174 Å². The lowest BCUT2D eigenvalue weighted by Gasteiger charge is -2.21. The van der Waals surface area contributed by atoms with Gasteiger partial charge in [-0.1, -0.05) is 13.3 Å². The van der Waals surface area contributed by atoms with Crippen molar-refractivity contribution in [2.24, 2.45) is 5.92 Å². The van der Waals surface area contributed by atoms with Crippen LogP contribution in [-0.2, 0) is 9.53 Å². The number of hydrogen-bond acceptors (Lipinski definition) is 18. The van der Waals surface area contributed by atoms with Crippen molar-refractivity contribution in [1.29, 1.82) is 0 Å². The Labute approximate surface area is 435 Å². The van der Waals surface area contributed by atoms with E-state index >= 15 is 0 Å². The number of amides is 2. The maximum absolute atomic E-state index is 14.3. The Balaban J connectivity index is 1.78. The number of fused-ring (bicyclic) bond motifs is 1. The number of hydrogen-bond donors (Lipinski definition) is 6. The van der Waals surface area contributed by atoms with Gasteiger partial charge in [0.2, 0.25) is 5.91 Å². The highest BCUT2D eigenvalue weighted by atomic mass is 32.2. The van der Waals surface area contributed by atoms with Crippen LogP contribution in [0.2, 0.25) is 0 Å². The summed E-state index contributed by atoms with van der Waals surface area (Å²) in [5.41, 5.74) is 0.834. The fraction of sp³-hybridized carbons (Fsp3) is 0.640. The summed E-state index contributed by atoms with van der Waals surface area (Å²) in [6.45, 7) is 10.6. The zero-order valence-electron chi connectivity index (χ0n) is 41.2. The third-order valence-corrected chi connectivity index (χ3v) is 16.8. The molecule has 1 heterocycles. The summed E-state index contributed by atoms with van der Waals surface area (Å²) in [4.78, 5) is 56.5. The molecule has 70 heavy (non-hydrogen) atoms. The van der Waals surface area contributed by atoms with Crippen LogP contribution < -0.4 is 30.6 Å². The summed E-state index contributed by atoms with van der Waals surface area (Å²) in [6.07, 6.45) is 3.18. The molecule has 0 aliphatic heterocycles. The normalized spacial score (nSPS) is 12.7. The number of nitrogens with zero attached hydrogens (tertiary/aromatic N) is 1. The molecule has 1 aromatic heterocycles. The molecule has 3 unspecified atom stereocenters. The molecule has 3 rings (SSSR count). The number of unbranched alkanes of at least 4 members (excludes halogenated alkanes) is 1. The molecular weight excluding hydrogens is 995 g/mol. The summed E-state index contributed by atoms with van der Waals surface area (Å²) >= 11 is 8.03. The van der Waals surface area contributed by atoms with Crippen LogP contribution in [0.25, 0.3) is 11.0 Å². The van der Waals surface area contributed by atoms with Crippen molar-refractivity contribution in [3.05, 3.63) is 64.0 Å². The third kappa shape index (κ3) is 24.3. The van der Waals surface area contributed by atoms with Crippen LogP contribution in [0.15, 0.2) is 51.7 Å². The number of aliphatic hydroxyl groups is 4. The van der Waals surface area contributed by atoms with E-state index in [-0.39, 0.29) is 80.4 Å². The van der Waals surface area contributed by atoms with Crippen molar-refractivity contribution in [3.8, 4) is 11.5 Å². The molecular formula is C50H77N3O12S5. The van der Waals surface area contributed by atoms with Crippen LogP contribution in [0.5, 0.6) is 11.5 Å². The lowest BCUT2D eigenvalue weighted by molar-refractivity contribution is -0.125. The van der Waals surface area contributed by atoms with E-state index < -0.39 is 17.5 Å². The summed E-state index contributed by atoms with van der Waals surface area (Å²) in [6, 6.07) is 12.2. The molecule has 0 aliphatic carbocycles. The number of anilines is 1. The molecule has 394 valence electrons. The number of carbonyl (C=O) groups is 3. The number of ketones is 1. The monoisotopic (exact) mass is 1070 g/mol. The lowest BCUT2D eigenvalue weighted by atomic mass is 9.92. The third-order valence-electron chi connectivity index (χ3n) is 10.7. The first kappa shape index (κ1) is 61.5. The zero-order chi connectivity index (χ0) is 50.8. The van der Waals surface area contributed by atoms with Gasteiger partial charge in [-0.15, -0.1) is 0 Å². The van der Waals surface area contributed by atoms with Gasteiger partial charge in [0.05, 0.1) is 26.4 Å². The molecule has 6 N–H and O–H groups in total. The first-order valence-corrected chi connectivity index (χ1v) is 30.0. The van der Waals surface area contributed by atoms with Crippen LogP contribution >= 0.6 is 58.8 Å². The highest BCUT2D eigenvalue weighted by molar-refractivity contribution is 8.03. The molecule has 3 atom stereocenters. The molecule has 20 heteroatoms. The predicted octanol–water partition coefficient (Wildman–Crippen LogP) is 6.49. The first-order valence-electron chi connectivity index (χ1n) is 24.4. The van der Waals surface area contributed by atoms with Gasteiger partial charge in [0.1, 0.15) is 35.9 Å². The molecule has 0 spiro atoms. The number of nitrogens with one attached hydrogen (secondary N) is 2. The standard InChI is InChI=1S/C50H77N3O12S5/c1-4-19-62-20-9-21-66-22-14-52-48(59)38(10-7-8-13-51-49(60)45-29-37-11-12-40(53(5-2)6-3)31-47(37)65-50(45)61)30-46(58)39-27-41(63-33-43(69-25-17-56)35-67-23-15-54)32-42(28-39)64-34-44(70-26-18-57)36-68-24-16-55/h11-12,27-29,31-32,38,43-44,54-57H,4-10,13-26,30,33-36H2,1-3H3,(H,51,60)(H,52,59). The minimum absolute atomic E-state index is 0.00303. The largest absolute Gasteiger partial charge is 0.492 e. The molecule has 15 nitrogen and oxygen atoms in total. The Morgan fingerprint density at radius 2 is 1.34 bits per heavy atom. The number of ether oxygens (including phenoxy) is 3. The number of carbonyl (C=O) groups excluding carboxylic acids is 3. The second kappa shape index (κ2) is 37.9. The highest BCUT2D eigenvalue weighted by Gasteiger charge is 2.24. The van der Waals surface area contributed by atoms with E-state index in [1.165, 1.54) is 0 Å². The minimum Gasteiger partial charge on any atom is -0.492 e. The van der Waals surface area contributed by atoms with E-state index in [0.29, 0.717) is 101 Å². The smallest absolute Gasteiger partial charge is 0.349 e. The quantitative estimate of drug-likeness (QED) is 0.0203. The van der Waals surface area contributed by atoms with Crippen LogP contribution in [0.3, 0.4) is 0 Å². The summed E-state index contributed by atoms with van der Waals surface area (Å²) in [5, 5.41) is 44.2. The van der Waals surface area contributed by atoms with Crippen LogP contribution in [0.4, 0.5) is 5.69 Å². The van der Waals surface area contributed by atoms with Gasteiger partial charge in [-0.25, -0.2) is 4.79 Å². The topological polar surface area (TPSA) is 217 Å². The van der Waals surface area contributed by atoms with Crippen molar-refractivity contribution in [3.63, 3.8) is 0 Å². The van der Waals surface area contributed by atoms with Crippen molar-refractivity contribution >= 4 is 93.1 Å². The van der Waals surface area contributed by atoms with E-state index in [9.17, 15) is 39.6 Å². The number of benzene rings is 2. The summed E-state index contributed by atoms with van der Waals surface area (Å²) < 4.78 is 23.8. The van der Waals surface area contributed by atoms with Crippen molar-refractivity contribution in [1.82, 2.24) is 10.6 Å². The molecule has 2 amide bonds. The van der Waals surface area contributed by atoms with E-state index in [1.54, 1.807) is 83.1 Å². The van der Waals surface area contributed by atoms with E-state index in [2.05, 4.69) is 22.5 Å². The van der Waals surface area contributed by atoms with Crippen molar-refractivity contribution in [2.75, 3.05) is 130 Å². The van der Waals surface area contributed by atoms with Gasteiger partial charge in [-0.2, -0.15) is 58.8 Å². The van der Waals surface area contributed by atoms with Gasteiger partial charge < -0.3 is 54.6 Å². The fourth-order valence-electron chi connectivity index (χ4n) is 7.09. The van der Waals surface area contributed by atoms with Gasteiger partial charge in [-0.3, -0.25) is 14.4 Å². The molecule has 0 aliphatic rings. The number of Topliss-reactive ketones (excluding diaryl/α,β-unsaturated/α-hetero) is 1. The van der Waals surface area contributed by atoms with Gasteiger partial charge in [0.25, 0.3) is 5.91 Å². The van der Waals surface area contributed by atoms with E-state index in [4.69, 9.17) is 18.6 Å². The van der Waals surface area contributed by atoms with Gasteiger partial charge in [0.15, 0.2) is 5.78 Å². The molecule has 0 radical (unpaired) electrons. The fourth-order valence-corrected chi connectivity index (χ4v) is 11.7. The highest BCUT2D eigenvalue weighted by Crippen LogP contribution is 2.29. The summed E-state index contributed by atoms with van der Waals surface area (Å²) in [7, 11) is 0. The van der Waals surface area contributed by atoms with Gasteiger partial charge in [0, 0.05) is 131 Å². The summed E-state index contributed by atoms with van der Waals surface area (Å²) in [5.74, 6) is 4.25. The SMILES string of the molecule is CCCOCCCSCCNC(=O)C(CCCCNC(=O)c1cc2ccc(N(CC)CC)cc2oc1=O)CC(=O)c1cc(OCC(CSCCO)SCCO)cc(OCC(CSCCO)SCCO)c1. The maximum Gasteiger partial charge on any atom is 0.349 e. The Hall–Kier alpha value is -2.79. The Morgan fingerprint density at radius 1 is 0.700 bits per heavy atom. The molecule has 3 aromatic rings. The van der Waals surface area contributed by atoms with Gasteiger partial charge in [-0.05, 0) is 75.6 Å². The molecule has 0 saturated carbocycles. The molecule has 0 bridgehead atoms. The second-order valence-corrected chi connectivity index (χ2v) is 22.5. The first-order chi connectivity index (χ1) is 34.1. The number of thioether (sulfide) groups is 5. The van der Waals surface area contributed by atoms with Crippen molar-refractivity contribution < 1.29 is 53.4 Å². The van der Waals surface area contributed by atoms with Gasteiger partial charge >= 0.3 is 5.63 Å². The van der Waals surface area contributed by atoms with E-state index in [1.807, 2.05) is 32.0 Å². The van der Waals surface area contributed by atoms with E-state index in [0.717, 1.165) is 44.0 Å². The molecule has 0 saturated heterocycles. The average Bonchev–Trinajstić information content (AvgIpc) is 3.36. The Morgan fingerprint density at radius 3 is 1.94 bits per heavy atom.